The number of nitrogens with one attached hydrogen (secondary N) is 1. The van der Waals surface area contributed by atoms with E-state index in [9.17, 15) is 9.59 Å². The van der Waals surface area contributed by atoms with Crippen LogP contribution in [-0.4, -0.2) is 19.0 Å². The number of esters is 1. The first kappa shape index (κ1) is 16.2. The van der Waals surface area contributed by atoms with Crippen molar-refractivity contribution in [2.45, 2.75) is 0 Å². The largest absolute Gasteiger partial charge is 0.465 e. The van der Waals surface area contributed by atoms with Crippen molar-refractivity contribution in [1.29, 1.82) is 0 Å². The van der Waals surface area contributed by atoms with Crippen molar-refractivity contribution in [1.82, 2.24) is 0 Å². The quantitative estimate of drug-likeness (QED) is 0.670. The zero-order valence-electron chi connectivity index (χ0n) is 12.9. The van der Waals surface area contributed by atoms with Gasteiger partial charge in [0, 0.05) is 15.7 Å². The van der Waals surface area contributed by atoms with Gasteiger partial charge in [-0.15, -0.1) is 0 Å². The Kier molecular flexibility index (Phi) is 4.62. The molecule has 3 aromatic carbocycles. The molecule has 0 spiro atoms. The van der Waals surface area contributed by atoms with Gasteiger partial charge in [-0.05, 0) is 47.2 Å². The molecular formula is C19H14BrNO3. The van der Waals surface area contributed by atoms with Crippen molar-refractivity contribution in [2.24, 2.45) is 0 Å². The number of anilines is 1. The highest BCUT2D eigenvalue weighted by atomic mass is 79.9. The Bertz CT molecular complexity index is 920. The van der Waals surface area contributed by atoms with Gasteiger partial charge in [-0.3, -0.25) is 4.79 Å². The highest BCUT2D eigenvalue weighted by Crippen LogP contribution is 2.26. The number of halogens is 1. The summed E-state index contributed by atoms with van der Waals surface area (Å²) in [5.74, 6) is -0.615. The fourth-order valence-corrected chi connectivity index (χ4v) is 2.97. The van der Waals surface area contributed by atoms with Crippen LogP contribution >= 0.6 is 15.9 Å². The first-order valence-corrected chi connectivity index (χ1v) is 8.06. The Balaban J connectivity index is 1.88. The Morgan fingerprint density at radius 1 is 0.917 bits per heavy atom. The van der Waals surface area contributed by atoms with Crippen molar-refractivity contribution in [3.63, 3.8) is 0 Å². The third-order valence-electron chi connectivity index (χ3n) is 3.68. The van der Waals surface area contributed by atoms with Crippen LogP contribution in [0.15, 0.2) is 65.1 Å². The van der Waals surface area contributed by atoms with E-state index in [1.54, 1.807) is 30.3 Å². The van der Waals surface area contributed by atoms with Crippen molar-refractivity contribution < 1.29 is 14.3 Å². The predicted octanol–water partition coefficient (Wildman–Crippen LogP) is 4.64. The summed E-state index contributed by atoms with van der Waals surface area (Å²) in [6.07, 6.45) is 0. The van der Waals surface area contributed by atoms with Crippen LogP contribution in [-0.2, 0) is 4.74 Å². The second-order valence-electron chi connectivity index (χ2n) is 5.16. The summed E-state index contributed by atoms with van der Waals surface area (Å²) in [5, 5.41) is 4.70. The second-order valence-corrected chi connectivity index (χ2v) is 6.02. The molecular weight excluding hydrogens is 370 g/mol. The van der Waals surface area contributed by atoms with Crippen molar-refractivity contribution in [3.05, 3.63) is 76.3 Å². The molecule has 0 aliphatic heterocycles. The van der Waals surface area contributed by atoms with E-state index in [4.69, 9.17) is 0 Å². The Hall–Kier alpha value is -2.66. The first-order valence-electron chi connectivity index (χ1n) is 7.27. The molecule has 1 N–H and O–H groups in total. The van der Waals surface area contributed by atoms with E-state index >= 15 is 0 Å². The monoisotopic (exact) mass is 383 g/mol. The molecule has 1 amide bonds. The summed E-state index contributed by atoms with van der Waals surface area (Å²) in [4.78, 5) is 24.0. The summed E-state index contributed by atoms with van der Waals surface area (Å²) in [6.45, 7) is 0. The zero-order valence-corrected chi connectivity index (χ0v) is 14.5. The van der Waals surface area contributed by atoms with Gasteiger partial charge in [-0.2, -0.15) is 0 Å². The molecule has 5 heteroatoms. The Morgan fingerprint density at radius 2 is 1.58 bits per heavy atom. The molecule has 0 aliphatic rings. The van der Waals surface area contributed by atoms with Crippen molar-refractivity contribution >= 4 is 44.3 Å². The van der Waals surface area contributed by atoms with E-state index in [1.807, 2.05) is 30.3 Å². The fourth-order valence-electron chi connectivity index (χ4n) is 2.48. The van der Waals surface area contributed by atoms with Crippen LogP contribution in [0, 0.1) is 0 Å². The highest BCUT2D eigenvalue weighted by molar-refractivity contribution is 9.10. The molecule has 0 aliphatic carbocycles. The van der Waals surface area contributed by atoms with E-state index in [1.165, 1.54) is 7.11 Å². The van der Waals surface area contributed by atoms with Crippen LogP contribution in [0.1, 0.15) is 20.7 Å². The lowest BCUT2D eigenvalue weighted by Gasteiger charge is -2.09. The third-order valence-corrected chi connectivity index (χ3v) is 4.37. The molecule has 3 rings (SSSR count). The van der Waals surface area contributed by atoms with Crippen LogP contribution in [0.3, 0.4) is 0 Å². The summed E-state index contributed by atoms with van der Waals surface area (Å²) in [5.41, 5.74) is 1.63. The molecule has 0 saturated heterocycles. The van der Waals surface area contributed by atoms with Crippen LogP contribution in [0.5, 0.6) is 0 Å². The Labute approximate surface area is 147 Å². The number of carbonyl (C=O) groups is 2. The van der Waals surface area contributed by atoms with Gasteiger partial charge < -0.3 is 10.1 Å². The molecule has 3 aromatic rings. The molecule has 0 fully saturated rings. The number of rotatable bonds is 3. The molecule has 0 aromatic heterocycles. The first-order chi connectivity index (χ1) is 11.6. The number of carbonyl (C=O) groups excluding carboxylic acids is 2. The van der Waals surface area contributed by atoms with Crippen molar-refractivity contribution in [2.75, 3.05) is 12.4 Å². The van der Waals surface area contributed by atoms with Gasteiger partial charge in [-0.25, -0.2) is 4.79 Å². The predicted molar refractivity (Wildman–Crippen MR) is 97.4 cm³/mol. The van der Waals surface area contributed by atoms with Crippen LogP contribution in [0.25, 0.3) is 10.8 Å². The number of hydrogen-bond donors (Lipinski definition) is 1. The number of ether oxygens (including phenoxy) is 1. The molecule has 120 valence electrons. The second kappa shape index (κ2) is 6.84. The number of benzene rings is 3. The number of methoxy groups -OCH3 is 1. The van der Waals surface area contributed by atoms with E-state index in [-0.39, 0.29) is 5.91 Å². The standard InChI is InChI=1S/C19H14BrNO3/c1-24-19(23)12-8-10-13(11-9-12)21-18(22)16-6-2-5-15-14(16)4-3-7-17(15)20/h2-11H,1H3,(H,21,22). The average Bonchev–Trinajstić information content (AvgIpc) is 2.61. The van der Waals surface area contributed by atoms with Gasteiger partial charge in [0.2, 0.25) is 0 Å². The maximum absolute atomic E-state index is 12.6. The van der Waals surface area contributed by atoms with E-state index in [0.29, 0.717) is 16.8 Å². The van der Waals surface area contributed by atoms with Gasteiger partial charge in [0.15, 0.2) is 0 Å². The lowest BCUT2D eigenvalue weighted by atomic mass is 10.0. The van der Waals surface area contributed by atoms with Crippen LogP contribution < -0.4 is 5.32 Å². The summed E-state index contributed by atoms with van der Waals surface area (Å²) < 4.78 is 5.60. The molecule has 24 heavy (non-hydrogen) atoms. The number of hydrogen-bond acceptors (Lipinski definition) is 3. The van der Waals surface area contributed by atoms with E-state index < -0.39 is 5.97 Å². The molecule has 0 radical (unpaired) electrons. The molecule has 0 bridgehead atoms. The number of amides is 1. The van der Waals surface area contributed by atoms with Gasteiger partial charge in [0.25, 0.3) is 5.91 Å². The SMILES string of the molecule is COC(=O)c1ccc(NC(=O)c2cccc3c(Br)cccc23)cc1. The smallest absolute Gasteiger partial charge is 0.337 e. The van der Waals surface area contributed by atoms with E-state index in [0.717, 1.165) is 15.2 Å². The highest BCUT2D eigenvalue weighted by Gasteiger charge is 2.12. The maximum Gasteiger partial charge on any atom is 0.337 e. The number of fused-ring (bicyclic) bond motifs is 1. The maximum atomic E-state index is 12.6. The van der Waals surface area contributed by atoms with Crippen LogP contribution in [0.2, 0.25) is 0 Å². The molecule has 0 heterocycles. The normalized spacial score (nSPS) is 10.4. The molecule has 4 nitrogen and oxygen atoms in total. The molecule has 0 unspecified atom stereocenters. The zero-order chi connectivity index (χ0) is 17.1. The topological polar surface area (TPSA) is 55.4 Å². The van der Waals surface area contributed by atoms with Gasteiger partial charge >= 0.3 is 5.97 Å². The van der Waals surface area contributed by atoms with Crippen molar-refractivity contribution in [3.8, 4) is 0 Å². The minimum absolute atomic E-state index is 0.204. The fraction of sp³-hybridized carbons (Fsp3) is 0.0526. The minimum Gasteiger partial charge on any atom is -0.465 e. The van der Waals surface area contributed by atoms with Gasteiger partial charge in [0.1, 0.15) is 0 Å². The average molecular weight is 384 g/mol. The summed E-state index contributed by atoms with van der Waals surface area (Å²) >= 11 is 3.50. The van der Waals surface area contributed by atoms with E-state index in [2.05, 4.69) is 26.0 Å². The summed E-state index contributed by atoms with van der Waals surface area (Å²) in [7, 11) is 1.33. The lowest BCUT2D eigenvalue weighted by Crippen LogP contribution is -2.12. The molecule has 0 atom stereocenters. The Morgan fingerprint density at radius 3 is 2.29 bits per heavy atom. The third kappa shape index (κ3) is 3.16. The summed E-state index contributed by atoms with van der Waals surface area (Å²) in [6, 6.07) is 17.9. The minimum atomic E-state index is -0.410. The van der Waals surface area contributed by atoms with Gasteiger partial charge in [-0.1, -0.05) is 40.2 Å². The molecule has 0 saturated carbocycles. The van der Waals surface area contributed by atoms with Gasteiger partial charge in [0.05, 0.1) is 12.7 Å². The van der Waals surface area contributed by atoms with Crippen LogP contribution in [0.4, 0.5) is 5.69 Å². The lowest BCUT2D eigenvalue weighted by molar-refractivity contribution is 0.0600.